The molecule has 0 unspecified atom stereocenters. The zero-order chi connectivity index (χ0) is 14.8. The number of benzene rings is 2. The van der Waals surface area contributed by atoms with Crippen LogP contribution in [0.2, 0.25) is 10.0 Å². The van der Waals surface area contributed by atoms with Crippen molar-refractivity contribution in [2.75, 3.05) is 5.73 Å². The molecular weight excluding hydrogens is 305 g/mol. The fraction of sp³-hybridized carbons (Fsp3) is 0.0625. The van der Waals surface area contributed by atoms with Gasteiger partial charge in [0, 0.05) is 21.8 Å². The Morgan fingerprint density at radius 3 is 2.62 bits per heavy atom. The van der Waals surface area contributed by atoms with Crippen LogP contribution in [0, 0.1) is 0 Å². The lowest BCUT2D eigenvalue weighted by molar-refractivity contribution is 0.690. The minimum atomic E-state index is 0.574. The van der Waals surface area contributed by atoms with Crippen LogP contribution in [0.1, 0.15) is 5.56 Å². The van der Waals surface area contributed by atoms with Crippen LogP contribution in [-0.2, 0) is 6.54 Å². The number of halogens is 2. The van der Waals surface area contributed by atoms with E-state index in [2.05, 4.69) is 5.10 Å². The summed E-state index contributed by atoms with van der Waals surface area (Å²) in [6.07, 6.45) is 1.81. The smallest absolute Gasteiger partial charge is 0.115 e. The van der Waals surface area contributed by atoms with Crippen LogP contribution in [0.15, 0.2) is 54.7 Å². The lowest BCUT2D eigenvalue weighted by Gasteiger charge is -2.04. The van der Waals surface area contributed by atoms with Crippen molar-refractivity contribution >= 4 is 28.9 Å². The van der Waals surface area contributed by atoms with E-state index >= 15 is 0 Å². The Labute approximate surface area is 132 Å². The molecule has 106 valence electrons. The van der Waals surface area contributed by atoms with E-state index in [1.54, 1.807) is 10.9 Å². The van der Waals surface area contributed by atoms with E-state index < -0.39 is 0 Å². The largest absolute Gasteiger partial charge is 0.396 e. The Bertz CT molecular complexity index is 781. The topological polar surface area (TPSA) is 43.8 Å². The summed E-state index contributed by atoms with van der Waals surface area (Å²) >= 11 is 12.2. The number of nitrogens with zero attached hydrogens (tertiary/aromatic N) is 2. The van der Waals surface area contributed by atoms with Crippen molar-refractivity contribution in [2.45, 2.75) is 6.54 Å². The first-order chi connectivity index (χ1) is 10.1. The number of nitrogens with two attached hydrogens (primary N) is 1. The molecular formula is C16H13Cl2N3. The van der Waals surface area contributed by atoms with Gasteiger partial charge < -0.3 is 5.73 Å². The molecule has 3 nitrogen and oxygen atoms in total. The van der Waals surface area contributed by atoms with Crippen LogP contribution in [-0.4, -0.2) is 9.78 Å². The number of rotatable bonds is 3. The highest BCUT2D eigenvalue weighted by Gasteiger charge is 2.10. The van der Waals surface area contributed by atoms with Gasteiger partial charge in [-0.1, -0.05) is 53.5 Å². The summed E-state index contributed by atoms with van der Waals surface area (Å²) < 4.78 is 1.78. The van der Waals surface area contributed by atoms with Gasteiger partial charge >= 0.3 is 0 Å². The van der Waals surface area contributed by atoms with Crippen LogP contribution >= 0.6 is 23.2 Å². The van der Waals surface area contributed by atoms with Gasteiger partial charge in [-0.2, -0.15) is 5.10 Å². The van der Waals surface area contributed by atoms with Crippen molar-refractivity contribution in [2.24, 2.45) is 0 Å². The molecule has 2 N–H and O–H groups in total. The maximum Gasteiger partial charge on any atom is 0.115 e. The van der Waals surface area contributed by atoms with Crippen LogP contribution in [0.5, 0.6) is 0 Å². The molecule has 0 amide bonds. The Kier molecular flexibility index (Phi) is 3.86. The maximum absolute atomic E-state index is 6.17. The average Bonchev–Trinajstić information content (AvgIpc) is 2.82. The molecule has 5 heteroatoms. The van der Waals surface area contributed by atoms with Crippen LogP contribution in [0.25, 0.3) is 11.3 Å². The van der Waals surface area contributed by atoms with Crippen molar-refractivity contribution in [1.29, 1.82) is 0 Å². The van der Waals surface area contributed by atoms with E-state index in [9.17, 15) is 0 Å². The standard InChI is InChI=1S/C16H13Cl2N3/c17-13-6-3-5-11(8-13)16-15(19)10-21(20-16)9-12-4-1-2-7-14(12)18/h1-8,10H,9,19H2. The Balaban J connectivity index is 1.93. The van der Waals surface area contributed by atoms with E-state index in [1.807, 2.05) is 48.5 Å². The monoisotopic (exact) mass is 317 g/mol. The van der Waals surface area contributed by atoms with Gasteiger partial charge in [-0.3, -0.25) is 4.68 Å². The van der Waals surface area contributed by atoms with Crippen molar-refractivity contribution in [3.63, 3.8) is 0 Å². The highest BCUT2D eigenvalue weighted by molar-refractivity contribution is 6.31. The van der Waals surface area contributed by atoms with Crippen molar-refractivity contribution < 1.29 is 0 Å². The molecule has 0 spiro atoms. The van der Waals surface area contributed by atoms with Crippen LogP contribution < -0.4 is 5.73 Å². The molecule has 1 heterocycles. The summed E-state index contributed by atoms with van der Waals surface area (Å²) in [5.41, 5.74) is 9.30. The maximum atomic E-state index is 6.17. The molecule has 0 bridgehead atoms. The van der Waals surface area contributed by atoms with E-state index in [0.29, 0.717) is 17.3 Å². The molecule has 21 heavy (non-hydrogen) atoms. The van der Waals surface area contributed by atoms with Crippen LogP contribution in [0.4, 0.5) is 5.69 Å². The second-order valence-corrected chi connectivity index (χ2v) is 5.58. The quantitative estimate of drug-likeness (QED) is 0.773. The zero-order valence-corrected chi connectivity index (χ0v) is 12.6. The third-order valence-corrected chi connectivity index (χ3v) is 3.78. The molecule has 0 atom stereocenters. The molecule has 0 radical (unpaired) electrons. The SMILES string of the molecule is Nc1cn(Cc2ccccc2Cl)nc1-c1cccc(Cl)c1. The van der Waals surface area contributed by atoms with Gasteiger partial charge in [0.1, 0.15) is 5.69 Å². The predicted octanol–water partition coefficient (Wildman–Crippen LogP) is 4.49. The van der Waals surface area contributed by atoms with Crippen LogP contribution in [0.3, 0.4) is 0 Å². The van der Waals surface area contributed by atoms with Gasteiger partial charge in [0.2, 0.25) is 0 Å². The summed E-state index contributed by atoms with van der Waals surface area (Å²) in [5.74, 6) is 0. The normalized spacial score (nSPS) is 10.8. The minimum absolute atomic E-state index is 0.574. The summed E-state index contributed by atoms with van der Waals surface area (Å²) in [5, 5.41) is 5.91. The van der Waals surface area contributed by atoms with Crippen molar-refractivity contribution in [3.05, 3.63) is 70.3 Å². The van der Waals surface area contributed by atoms with Crippen molar-refractivity contribution in [3.8, 4) is 11.3 Å². The second-order valence-electron chi connectivity index (χ2n) is 4.73. The van der Waals surface area contributed by atoms with Gasteiger partial charge in [0.05, 0.1) is 12.2 Å². The minimum Gasteiger partial charge on any atom is -0.396 e. The summed E-state index contributed by atoms with van der Waals surface area (Å²) in [7, 11) is 0. The third kappa shape index (κ3) is 3.04. The molecule has 0 saturated heterocycles. The molecule has 0 aliphatic heterocycles. The molecule has 2 aromatic carbocycles. The summed E-state index contributed by atoms with van der Waals surface area (Å²) in [6.45, 7) is 0.574. The third-order valence-electron chi connectivity index (χ3n) is 3.18. The number of hydrogen-bond acceptors (Lipinski definition) is 2. The molecule has 3 aromatic rings. The Morgan fingerprint density at radius 2 is 1.86 bits per heavy atom. The van der Waals surface area contributed by atoms with Gasteiger partial charge in [-0.05, 0) is 23.8 Å². The highest BCUT2D eigenvalue weighted by atomic mass is 35.5. The van der Waals surface area contributed by atoms with E-state index in [4.69, 9.17) is 28.9 Å². The molecule has 1 aromatic heterocycles. The lowest BCUT2D eigenvalue weighted by atomic mass is 10.1. The molecule has 0 aliphatic rings. The highest BCUT2D eigenvalue weighted by Crippen LogP contribution is 2.27. The fourth-order valence-corrected chi connectivity index (χ4v) is 2.56. The first-order valence-corrected chi connectivity index (χ1v) is 7.21. The first kappa shape index (κ1) is 14.0. The lowest BCUT2D eigenvalue weighted by Crippen LogP contribution is -2.00. The molecule has 3 rings (SSSR count). The molecule has 0 aliphatic carbocycles. The van der Waals surface area contributed by atoms with Gasteiger partial charge in [0.25, 0.3) is 0 Å². The predicted molar refractivity (Wildman–Crippen MR) is 87.6 cm³/mol. The first-order valence-electron chi connectivity index (χ1n) is 6.46. The summed E-state index contributed by atoms with van der Waals surface area (Å²) in [6, 6.07) is 15.2. The van der Waals surface area contributed by atoms with Gasteiger partial charge in [0.15, 0.2) is 0 Å². The number of nitrogen functional groups attached to an aromatic ring is 1. The number of anilines is 1. The van der Waals surface area contributed by atoms with Crippen molar-refractivity contribution in [1.82, 2.24) is 9.78 Å². The fourth-order valence-electron chi connectivity index (χ4n) is 2.18. The Morgan fingerprint density at radius 1 is 1.05 bits per heavy atom. The van der Waals surface area contributed by atoms with E-state index in [1.165, 1.54) is 0 Å². The van der Waals surface area contributed by atoms with E-state index in [0.717, 1.165) is 21.8 Å². The second kappa shape index (κ2) is 5.80. The average molecular weight is 318 g/mol. The number of hydrogen-bond donors (Lipinski definition) is 1. The van der Waals surface area contributed by atoms with Gasteiger partial charge in [-0.15, -0.1) is 0 Å². The number of aromatic nitrogens is 2. The summed E-state index contributed by atoms with van der Waals surface area (Å²) in [4.78, 5) is 0. The molecule has 0 saturated carbocycles. The van der Waals surface area contributed by atoms with Gasteiger partial charge in [-0.25, -0.2) is 0 Å². The van der Waals surface area contributed by atoms with E-state index in [-0.39, 0.29) is 0 Å². The zero-order valence-electron chi connectivity index (χ0n) is 11.1. The molecule has 0 fully saturated rings. The Hall–Kier alpha value is -1.97.